The highest BCUT2D eigenvalue weighted by molar-refractivity contribution is 6.01. The number of ketones is 1. The van der Waals surface area contributed by atoms with Gasteiger partial charge in [0.05, 0.1) is 5.56 Å². The predicted molar refractivity (Wildman–Crippen MR) is 100 cm³/mol. The molecule has 1 amide bonds. The molecule has 0 radical (unpaired) electrons. The van der Waals surface area contributed by atoms with Gasteiger partial charge in [-0.3, -0.25) is 4.79 Å². The number of halogens is 3. The van der Waals surface area contributed by atoms with Crippen LogP contribution in [0.2, 0.25) is 0 Å². The number of carbonyl (C=O) groups excluding carboxylic acids is 1. The largest absolute Gasteiger partial charge is 0.506 e. The predicted octanol–water partition coefficient (Wildman–Crippen LogP) is 4.74. The van der Waals surface area contributed by atoms with Crippen LogP contribution in [0.4, 0.5) is 18.0 Å². The number of nitrogens with one attached hydrogen (secondary N) is 1. The zero-order valence-corrected chi connectivity index (χ0v) is 15.8. The van der Waals surface area contributed by atoms with Crippen molar-refractivity contribution in [3.8, 4) is 11.5 Å². The number of ether oxygens (including phenoxy) is 1. The van der Waals surface area contributed by atoms with E-state index in [2.05, 4.69) is 5.32 Å². The minimum absolute atomic E-state index is 0.0963. The standard InChI is InChI=1S/C21H20F3NO5/c22-21(23,24)17-16(9-8-15(19(17)27)18(26)14-2-1-3-14)30-11-13-6-4-12(5-7-13)10-25-20(28)29/h4-9,14,25,27H,1-3,10-11H2,(H,28,29). The Hall–Kier alpha value is -3.23. The number of carbonyl (C=O) groups is 2. The van der Waals surface area contributed by atoms with Crippen molar-refractivity contribution in [2.24, 2.45) is 5.92 Å². The van der Waals surface area contributed by atoms with Gasteiger partial charge in [0.1, 0.15) is 23.7 Å². The lowest BCUT2D eigenvalue weighted by Gasteiger charge is -2.25. The summed E-state index contributed by atoms with van der Waals surface area (Å²) in [7, 11) is 0. The van der Waals surface area contributed by atoms with E-state index in [1.54, 1.807) is 24.3 Å². The first kappa shape index (κ1) is 21.5. The second kappa shape index (κ2) is 8.64. The van der Waals surface area contributed by atoms with E-state index in [-0.39, 0.29) is 24.6 Å². The molecule has 1 fully saturated rings. The van der Waals surface area contributed by atoms with Gasteiger partial charge in [-0.1, -0.05) is 30.7 Å². The second-order valence-electron chi connectivity index (χ2n) is 7.09. The third-order valence-electron chi connectivity index (χ3n) is 5.03. The lowest BCUT2D eigenvalue weighted by Crippen LogP contribution is -2.23. The Kier molecular flexibility index (Phi) is 6.19. The minimum atomic E-state index is -4.90. The molecule has 1 aliphatic rings. The first-order valence-corrected chi connectivity index (χ1v) is 9.31. The van der Waals surface area contributed by atoms with Crippen LogP contribution in [-0.4, -0.2) is 22.1 Å². The number of carboxylic acid groups (broad SMARTS) is 1. The highest BCUT2D eigenvalue weighted by atomic mass is 19.4. The highest BCUT2D eigenvalue weighted by Crippen LogP contribution is 2.45. The molecule has 0 unspecified atom stereocenters. The molecule has 0 bridgehead atoms. The fraction of sp³-hybridized carbons (Fsp3) is 0.333. The Bertz CT molecular complexity index is 937. The molecule has 0 saturated heterocycles. The lowest BCUT2D eigenvalue weighted by molar-refractivity contribution is -0.140. The molecule has 6 nitrogen and oxygen atoms in total. The summed E-state index contributed by atoms with van der Waals surface area (Å²) < 4.78 is 46.0. The molecule has 3 rings (SSSR count). The Balaban J connectivity index is 1.77. The Morgan fingerprint density at radius 3 is 2.23 bits per heavy atom. The molecule has 0 aliphatic heterocycles. The van der Waals surface area contributed by atoms with Crippen LogP contribution in [0.3, 0.4) is 0 Å². The van der Waals surface area contributed by atoms with Crippen molar-refractivity contribution in [1.82, 2.24) is 5.32 Å². The summed E-state index contributed by atoms with van der Waals surface area (Å²) in [5.41, 5.74) is -0.477. The van der Waals surface area contributed by atoms with Crippen molar-refractivity contribution < 1.29 is 37.7 Å². The monoisotopic (exact) mass is 423 g/mol. The van der Waals surface area contributed by atoms with E-state index < -0.39 is 35.1 Å². The number of hydrogen-bond donors (Lipinski definition) is 3. The molecule has 1 aliphatic carbocycles. The molecule has 160 valence electrons. The molecular weight excluding hydrogens is 403 g/mol. The highest BCUT2D eigenvalue weighted by Gasteiger charge is 2.40. The first-order valence-electron chi connectivity index (χ1n) is 9.31. The molecule has 2 aromatic carbocycles. The van der Waals surface area contributed by atoms with Gasteiger partial charge in [0, 0.05) is 12.5 Å². The minimum Gasteiger partial charge on any atom is -0.506 e. The van der Waals surface area contributed by atoms with Gasteiger partial charge in [0.2, 0.25) is 0 Å². The van der Waals surface area contributed by atoms with E-state index in [0.717, 1.165) is 12.5 Å². The van der Waals surface area contributed by atoms with Gasteiger partial charge in [-0.05, 0) is 36.1 Å². The maximum absolute atomic E-state index is 13.6. The molecule has 0 spiro atoms. The van der Waals surface area contributed by atoms with Crippen LogP contribution in [0.1, 0.15) is 46.3 Å². The summed E-state index contributed by atoms with van der Waals surface area (Å²) >= 11 is 0. The Morgan fingerprint density at radius 2 is 1.70 bits per heavy atom. The lowest BCUT2D eigenvalue weighted by atomic mass is 9.79. The van der Waals surface area contributed by atoms with Crippen LogP contribution in [0, 0.1) is 5.92 Å². The van der Waals surface area contributed by atoms with E-state index in [1.807, 2.05) is 0 Å². The van der Waals surface area contributed by atoms with Crippen molar-refractivity contribution in [2.75, 3.05) is 0 Å². The van der Waals surface area contributed by atoms with Crippen LogP contribution >= 0.6 is 0 Å². The first-order chi connectivity index (χ1) is 14.2. The molecule has 2 aromatic rings. The molecule has 0 aromatic heterocycles. The van der Waals surface area contributed by atoms with E-state index in [9.17, 15) is 27.9 Å². The average Bonchev–Trinajstić information content (AvgIpc) is 2.62. The van der Waals surface area contributed by atoms with Crippen molar-refractivity contribution >= 4 is 11.9 Å². The van der Waals surface area contributed by atoms with E-state index in [1.165, 1.54) is 6.07 Å². The second-order valence-corrected chi connectivity index (χ2v) is 7.09. The van der Waals surface area contributed by atoms with Crippen LogP contribution in [0.5, 0.6) is 11.5 Å². The normalized spacial score (nSPS) is 14.1. The summed E-state index contributed by atoms with van der Waals surface area (Å²) in [6, 6.07) is 8.66. The van der Waals surface area contributed by atoms with Gasteiger partial charge < -0.3 is 20.3 Å². The number of Topliss-reactive ketones (excluding diaryl/α,β-unsaturated/α-hetero) is 1. The zero-order chi connectivity index (χ0) is 21.9. The number of amides is 1. The topological polar surface area (TPSA) is 95.9 Å². The number of phenols is 1. The Morgan fingerprint density at radius 1 is 1.07 bits per heavy atom. The number of rotatable bonds is 7. The summed E-state index contributed by atoms with van der Waals surface area (Å²) in [5, 5.41) is 21.0. The van der Waals surface area contributed by atoms with Gasteiger partial charge in [-0.25, -0.2) is 4.79 Å². The number of benzene rings is 2. The molecule has 9 heteroatoms. The van der Waals surface area contributed by atoms with Crippen LogP contribution in [0.15, 0.2) is 36.4 Å². The van der Waals surface area contributed by atoms with Gasteiger partial charge in [-0.2, -0.15) is 13.2 Å². The number of aromatic hydroxyl groups is 1. The van der Waals surface area contributed by atoms with Crippen molar-refractivity contribution in [2.45, 2.75) is 38.6 Å². The van der Waals surface area contributed by atoms with Gasteiger partial charge >= 0.3 is 12.3 Å². The fourth-order valence-corrected chi connectivity index (χ4v) is 3.15. The molecule has 30 heavy (non-hydrogen) atoms. The Labute approximate surface area is 170 Å². The van der Waals surface area contributed by atoms with Crippen molar-refractivity contribution in [3.63, 3.8) is 0 Å². The van der Waals surface area contributed by atoms with Crippen molar-refractivity contribution in [1.29, 1.82) is 0 Å². The third kappa shape index (κ3) is 4.84. The maximum atomic E-state index is 13.6. The quantitative estimate of drug-likeness (QED) is 0.559. The number of hydrogen-bond acceptors (Lipinski definition) is 4. The summed E-state index contributed by atoms with van der Waals surface area (Å²) in [4.78, 5) is 22.8. The summed E-state index contributed by atoms with van der Waals surface area (Å²) in [5.74, 6) is -2.51. The third-order valence-corrected chi connectivity index (χ3v) is 5.03. The van der Waals surface area contributed by atoms with Gasteiger partial charge in [0.25, 0.3) is 0 Å². The molecule has 0 atom stereocenters. The maximum Gasteiger partial charge on any atom is 0.423 e. The number of phenolic OH excluding ortho intramolecular Hbond substituents is 1. The SMILES string of the molecule is O=C(O)NCc1ccc(COc2ccc(C(=O)C3CCC3)c(O)c2C(F)(F)F)cc1. The molecular formula is C21H20F3NO5. The summed E-state index contributed by atoms with van der Waals surface area (Å²) in [6.07, 6.45) is -4.01. The van der Waals surface area contributed by atoms with Crippen LogP contribution in [0.25, 0.3) is 0 Å². The van der Waals surface area contributed by atoms with Gasteiger partial charge in [-0.15, -0.1) is 0 Å². The zero-order valence-electron chi connectivity index (χ0n) is 15.8. The van der Waals surface area contributed by atoms with Gasteiger partial charge in [0.15, 0.2) is 5.78 Å². The summed E-state index contributed by atoms with van der Waals surface area (Å²) in [6.45, 7) is -0.107. The molecule has 1 saturated carbocycles. The van der Waals surface area contributed by atoms with Crippen LogP contribution in [-0.2, 0) is 19.3 Å². The fourth-order valence-electron chi connectivity index (χ4n) is 3.15. The van der Waals surface area contributed by atoms with E-state index in [4.69, 9.17) is 9.84 Å². The molecule has 3 N–H and O–H groups in total. The van der Waals surface area contributed by atoms with E-state index >= 15 is 0 Å². The van der Waals surface area contributed by atoms with Crippen molar-refractivity contribution in [3.05, 3.63) is 58.7 Å². The molecule has 0 heterocycles. The smallest absolute Gasteiger partial charge is 0.423 e. The number of alkyl halides is 3. The van der Waals surface area contributed by atoms with E-state index in [0.29, 0.717) is 24.0 Å². The average molecular weight is 423 g/mol. The van der Waals surface area contributed by atoms with Crippen LogP contribution < -0.4 is 10.1 Å².